The highest BCUT2D eigenvalue weighted by molar-refractivity contribution is 9.10. The minimum absolute atomic E-state index is 0.0491. The maximum Gasteiger partial charge on any atom is 0.264 e. The second-order valence-electron chi connectivity index (χ2n) is 10.3. The van der Waals surface area contributed by atoms with E-state index in [4.69, 9.17) is 4.74 Å². The molecule has 1 N–H and O–H groups in total. The fourth-order valence-corrected chi connectivity index (χ4v) is 6.88. The third-order valence-electron chi connectivity index (χ3n) is 7.40. The van der Waals surface area contributed by atoms with E-state index in [-0.39, 0.29) is 23.4 Å². The number of rotatable bonds is 13. The number of benzene rings is 3. The Morgan fingerprint density at radius 1 is 0.952 bits per heavy atom. The summed E-state index contributed by atoms with van der Waals surface area (Å²) < 4.78 is 35.4. The van der Waals surface area contributed by atoms with Crippen LogP contribution in [0, 0.1) is 0 Å². The van der Waals surface area contributed by atoms with Gasteiger partial charge in [-0.3, -0.25) is 13.9 Å². The smallest absolute Gasteiger partial charge is 0.264 e. The van der Waals surface area contributed by atoms with E-state index < -0.39 is 28.5 Å². The number of amides is 2. The van der Waals surface area contributed by atoms with Gasteiger partial charge in [0, 0.05) is 17.1 Å². The Bertz CT molecular complexity index is 1430. The first-order chi connectivity index (χ1) is 20.2. The van der Waals surface area contributed by atoms with Crippen LogP contribution in [-0.4, -0.2) is 50.4 Å². The lowest BCUT2D eigenvalue weighted by molar-refractivity contribution is -0.140. The molecule has 1 fully saturated rings. The number of sulfonamides is 1. The first-order valence-corrected chi connectivity index (χ1v) is 16.6. The van der Waals surface area contributed by atoms with E-state index in [9.17, 15) is 18.0 Å². The van der Waals surface area contributed by atoms with Gasteiger partial charge >= 0.3 is 0 Å². The van der Waals surface area contributed by atoms with Crippen molar-refractivity contribution in [2.75, 3.05) is 17.5 Å². The highest BCUT2D eigenvalue weighted by Crippen LogP contribution is 2.28. The monoisotopic (exact) mass is 655 g/mol. The Labute approximate surface area is 257 Å². The Morgan fingerprint density at radius 2 is 1.60 bits per heavy atom. The molecule has 1 atom stereocenters. The number of ether oxygens (including phenoxy) is 1. The lowest BCUT2D eigenvalue weighted by Crippen LogP contribution is -2.53. The molecular formula is C32H38BrN3O5S. The summed E-state index contributed by atoms with van der Waals surface area (Å²) in [6, 6.07) is 21.7. The first kappa shape index (κ1) is 31.6. The molecule has 10 heteroatoms. The van der Waals surface area contributed by atoms with Crippen molar-refractivity contribution < 1.29 is 22.7 Å². The van der Waals surface area contributed by atoms with Crippen LogP contribution in [0.25, 0.3) is 0 Å². The van der Waals surface area contributed by atoms with Gasteiger partial charge in [0.25, 0.3) is 10.0 Å². The molecule has 3 aromatic rings. The molecule has 8 nitrogen and oxygen atoms in total. The minimum atomic E-state index is -4.15. The second kappa shape index (κ2) is 14.7. The summed E-state index contributed by atoms with van der Waals surface area (Å²) in [6.45, 7) is 3.89. The molecule has 42 heavy (non-hydrogen) atoms. The number of carbonyl (C=O) groups is 2. The summed E-state index contributed by atoms with van der Waals surface area (Å²) in [5.41, 5.74) is 1.17. The lowest BCUT2D eigenvalue weighted by Gasteiger charge is -2.33. The lowest BCUT2D eigenvalue weighted by atomic mass is 10.1. The van der Waals surface area contributed by atoms with Crippen LogP contribution in [0.3, 0.4) is 0 Å². The third kappa shape index (κ3) is 7.92. The topological polar surface area (TPSA) is 96.0 Å². The highest BCUT2D eigenvalue weighted by Gasteiger charge is 2.34. The highest BCUT2D eigenvalue weighted by atomic mass is 79.9. The van der Waals surface area contributed by atoms with E-state index in [0.29, 0.717) is 24.5 Å². The van der Waals surface area contributed by atoms with Crippen LogP contribution in [0.15, 0.2) is 88.2 Å². The summed E-state index contributed by atoms with van der Waals surface area (Å²) in [5.74, 6) is -0.0900. The zero-order valence-corrected chi connectivity index (χ0v) is 26.4. The summed E-state index contributed by atoms with van der Waals surface area (Å²) in [4.78, 5) is 29.3. The predicted molar refractivity (Wildman–Crippen MR) is 168 cm³/mol. The molecule has 0 radical (unpaired) electrons. The Kier molecular flexibility index (Phi) is 11.0. The van der Waals surface area contributed by atoms with Crippen LogP contribution in [0.4, 0.5) is 5.69 Å². The SMILES string of the molecule is CCOc1ccc(N(CC(=O)N(Cc2ccccc2)[C@H](CC)C(=O)NC2CCCC2)S(=O)(=O)c2ccc(Br)cc2)cc1. The number of carbonyl (C=O) groups excluding carboxylic acids is 2. The normalized spacial score (nSPS) is 14.3. The van der Waals surface area contributed by atoms with E-state index in [0.717, 1.165) is 40.0 Å². The van der Waals surface area contributed by atoms with E-state index in [1.807, 2.05) is 44.2 Å². The number of nitrogens with zero attached hydrogens (tertiary/aromatic N) is 2. The van der Waals surface area contributed by atoms with E-state index >= 15 is 0 Å². The number of halogens is 1. The van der Waals surface area contributed by atoms with Gasteiger partial charge in [-0.15, -0.1) is 0 Å². The first-order valence-electron chi connectivity index (χ1n) is 14.4. The Hall–Kier alpha value is -3.37. The molecule has 0 aliphatic heterocycles. The molecule has 224 valence electrons. The molecule has 0 saturated heterocycles. The van der Waals surface area contributed by atoms with E-state index in [1.165, 1.54) is 17.0 Å². The van der Waals surface area contributed by atoms with Crippen molar-refractivity contribution in [2.24, 2.45) is 0 Å². The molecule has 0 spiro atoms. The molecule has 1 aliphatic rings. The number of hydrogen-bond acceptors (Lipinski definition) is 5. The van der Waals surface area contributed by atoms with Crippen molar-refractivity contribution in [3.8, 4) is 5.75 Å². The van der Waals surface area contributed by atoms with Gasteiger partial charge < -0.3 is 15.0 Å². The molecule has 3 aromatic carbocycles. The zero-order valence-electron chi connectivity index (χ0n) is 24.0. The summed E-state index contributed by atoms with van der Waals surface area (Å²) in [5, 5.41) is 3.13. The third-order valence-corrected chi connectivity index (χ3v) is 9.72. The fourth-order valence-electron chi connectivity index (χ4n) is 5.20. The van der Waals surface area contributed by atoms with Gasteiger partial charge in [0.1, 0.15) is 18.3 Å². The van der Waals surface area contributed by atoms with Crippen molar-refractivity contribution in [2.45, 2.75) is 69.5 Å². The Morgan fingerprint density at radius 3 is 2.19 bits per heavy atom. The number of nitrogens with one attached hydrogen (secondary N) is 1. The predicted octanol–water partition coefficient (Wildman–Crippen LogP) is 5.91. The van der Waals surface area contributed by atoms with Crippen molar-refractivity contribution in [1.29, 1.82) is 0 Å². The van der Waals surface area contributed by atoms with Gasteiger partial charge in [-0.2, -0.15) is 0 Å². The molecule has 1 saturated carbocycles. The summed E-state index contributed by atoms with van der Waals surface area (Å²) in [7, 11) is -4.15. The molecule has 0 bridgehead atoms. The summed E-state index contributed by atoms with van der Waals surface area (Å²) >= 11 is 3.36. The van der Waals surface area contributed by atoms with Gasteiger partial charge in [-0.05, 0) is 80.3 Å². The largest absolute Gasteiger partial charge is 0.494 e. The minimum Gasteiger partial charge on any atom is -0.494 e. The average molecular weight is 657 g/mol. The van der Waals surface area contributed by atoms with Gasteiger partial charge in [-0.1, -0.05) is 66.0 Å². The average Bonchev–Trinajstić information content (AvgIpc) is 3.50. The number of anilines is 1. The molecule has 0 heterocycles. The second-order valence-corrected chi connectivity index (χ2v) is 13.1. The van der Waals surface area contributed by atoms with Crippen LogP contribution < -0.4 is 14.4 Å². The maximum atomic E-state index is 14.2. The molecule has 2 amide bonds. The summed E-state index contributed by atoms with van der Waals surface area (Å²) in [6.07, 6.45) is 4.37. The van der Waals surface area contributed by atoms with Gasteiger partial charge in [0.15, 0.2) is 0 Å². The van der Waals surface area contributed by atoms with Gasteiger partial charge in [0.2, 0.25) is 11.8 Å². The fraction of sp³-hybridized carbons (Fsp3) is 0.375. The zero-order chi connectivity index (χ0) is 30.1. The molecule has 4 rings (SSSR count). The molecule has 0 unspecified atom stereocenters. The molecular weight excluding hydrogens is 618 g/mol. The van der Waals surface area contributed by atoms with Crippen molar-refractivity contribution in [1.82, 2.24) is 10.2 Å². The van der Waals surface area contributed by atoms with Crippen LogP contribution in [-0.2, 0) is 26.2 Å². The standard InChI is InChI=1S/C32H38BrN3O5S/c1-3-30(32(38)34-26-12-8-9-13-26)35(22-24-10-6-5-7-11-24)31(37)23-36(27-16-18-28(19-17-27)41-4-2)42(39,40)29-20-14-25(33)15-21-29/h5-7,10-11,14-21,26,30H,3-4,8-9,12-13,22-23H2,1-2H3,(H,34,38)/t30-/m1/s1. The van der Waals surface area contributed by atoms with Crippen LogP contribution in [0.5, 0.6) is 5.75 Å². The van der Waals surface area contributed by atoms with Gasteiger partial charge in [0.05, 0.1) is 17.2 Å². The molecule has 1 aliphatic carbocycles. The number of hydrogen-bond donors (Lipinski definition) is 1. The van der Waals surface area contributed by atoms with Crippen LogP contribution in [0.1, 0.15) is 51.5 Å². The molecule has 0 aromatic heterocycles. The van der Waals surface area contributed by atoms with Gasteiger partial charge in [-0.25, -0.2) is 8.42 Å². The van der Waals surface area contributed by atoms with Crippen LogP contribution >= 0.6 is 15.9 Å². The maximum absolute atomic E-state index is 14.2. The van der Waals surface area contributed by atoms with Crippen molar-refractivity contribution in [3.05, 3.63) is 88.9 Å². The van der Waals surface area contributed by atoms with Crippen LogP contribution in [0.2, 0.25) is 0 Å². The van der Waals surface area contributed by atoms with E-state index in [2.05, 4.69) is 21.2 Å². The quantitative estimate of drug-likeness (QED) is 0.247. The van der Waals surface area contributed by atoms with Crippen molar-refractivity contribution in [3.63, 3.8) is 0 Å². The van der Waals surface area contributed by atoms with Crippen molar-refractivity contribution >= 4 is 43.5 Å². The van der Waals surface area contributed by atoms with E-state index in [1.54, 1.807) is 36.4 Å². The Balaban J connectivity index is 1.70.